The molecule has 6 heteroatoms. The topological polar surface area (TPSA) is 71.1 Å². The maximum atomic E-state index is 12.1. The average molecular weight is 283 g/mol. The summed E-state index contributed by atoms with van der Waals surface area (Å²) >= 11 is 0. The highest BCUT2D eigenvalue weighted by Crippen LogP contribution is 2.39. The first-order valence-corrected chi connectivity index (χ1v) is 8.13. The molecule has 1 saturated carbocycles. The number of hydrogen-bond donors (Lipinski definition) is 2. The van der Waals surface area contributed by atoms with Crippen LogP contribution >= 0.6 is 0 Å². The van der Waals surface area contributed by atoms with Crippen LogP contribution in [0.2, 0.25) is 0 Å². The molecule has 0 spiro atoms. The molecule has 1 aromatic heterocycles. The molecule has 5 nitrogen and oxygen atoms in total. The molecule has 0 aliphatic heterocycles. The van der Waals surface area contributed by atoms with Crippen LogP contribution in [0.5, 0.6) is 0 Å². The van der Waals surface area contributed by atoms with Gasteiger partial charge >= 0.3 is 0 Å². The largest absolute Gasteiger partial charge is 0.370 e. The lowest BCUT2D eigenvalue weighted by molar-refractivity contribution is 0.166. The molecule has 1 aliphatic carbocycles. The van der Waals surface area contributed by atoms with Gasteiger partial charge in [-0.25, -0.2) is 18.1 Å². The van der Waals surface area contributed by atoms with Crippen LogP contribution in [-0.4, -0.2) is 26.5 Å². The van der Waals surface area contributed by atoms with Gasteiger partial charge < -0.3 is 5.32 Å². The summed E-state index contributed by atoms with van der Waals surface area (Å²) in [5, 5.41) is 3.03. The Balaban J connectivity index is 2.02. The summed E-state index contributed by atoms with van der Waals surface area (Å²) in [5.74, 6) is 0.687. The van der Waals surface area contributed by atoms with Gasteiger partial charge in [-0.1, -0.05) is 13.3 Å². The van der Waals surface area contributed by atoms with Gasteiger partial charge in [-0.3, -0.25) is 0 Å². The molecule has 2 rings (SSSR count). The van der Waals surface area contributed by atoms with Crippen LogP contribution in [0, 0.1) is 5.41 Å². The lowest BCUT2D eigenvalue weighted by atomic mass is 9.71. The van der Waals surface area contributed by atoms with Crippen molar-refractivity contribution >= 4 is 15.8 Å². The first kappa shape index (κ1) is 14.3. The number of hydrogen-bond acceptors (Lipinski definition) is 4. The quantitative estimate of drug-likeness (QED) is 0.837. The molecule has 2 N–H and O–H groups in total. The van der Waals surface area contributed by atoms with E-state index in [9.17, 15) is 8.42 Å². The Morgan fingerprint density at radius 1 is 1.37 bits per heavy atom. The molecule has 19 heavy (non-hydrogen) atoms. The molecule has 1 fully saturated rings. The van der Waals surface area contributed by atoms with Gasteiger partial charge in [0.25, 0.3) is 0 Å². The third kappa shape index (κ3) is 3.45. The van der Waals surface area contributed by atoms with E-state index in [0.717, 1.165) is 19.4 Å². The van der Waals surface area contributed by atoms with Gasteiger partial charge in [-0.2, -0.15) is 0 Å². The molecule has 0 amide bonds. The van der Waals surface area contributed by atoms with E-state index < -0.39 is 10.0 Å². The third-order valence-electron chi connectivity index (χ3n) is 3.65. The van der Waals surface area contributed by atoms with Gasteiger partial charge in [-0.05, 0) is 37.3 Å². The fourth-order valence-corrected chi connectivity index (χ4v) is 3.28. The molecular formula is C13H21N3O2S. The van der Waals surface area contributed by atoms with E-state index in [-0.39, 0.29) is 10.3 Å². The summed E-state index contributed by atoms with van der Waals surface area (Å²) in [4.78, 5) is 4.30. The van der Waals surface area contributed by atoms with Crippen LogP contribution in [0.25, 0.3) is 0 Å². The molecule has 1 aromatic rings. The molecule has 1 heterocycles. The highest BCUT2D eigenvalue weighted by atomic mass is 32.2. The van der Waals surface area contributed by atoms with Crippen LogP contribution in [0.4, 0.5) is 5.82 Å². The van der Waals surface area contributed by atoms with E-state index in [1.807, 2.05) is 6.92 Å². The second-order valence-electron chi connectivity index (χ2n) is 5.40. The van der Waals surface area contributed by atoms with Crippen LogP contribution in [0.15, 0.2) is 23.2 Å². The summed E-state index contributed by atoms with van der Waals surface area (Å²) < 4.78 is 26.9. The van der Waals surface area contributed by atoms with Crippen LogP contribution in [0.1, 0.15) is 33.1 Å². The second-order valence-corrected chi connectivity index (χ2v) is 7.17. The Hall–Kier alpha value is -1.14. The van der Waals surface area contributed by atoms with Crippen LogP contribution < -0.4 is 10.0 Å². The maximum absolute atomic E-state index is 12.1. The number of rotatable bonds is 6. The first-order valence-electron chi connectivity index (χ1n) is 6.65. The van der Waals surface area contributed by atoms with Crippen molar-refractivity contribution in [3.05, 3.63) is 18.3 Å². The Kier molecular flexibility index (Phi) is 4.10. The predicted octanol–water partition coefficient (Wildman–Crippen LogP) is 1.98. The van der Waals surface area contributed by atoms with E-state index in [1.165, 1.54) is 12.6 Å². The minimum Gasteiger partial charge on any atom is -0.370 e. The van der Waals surface area contributed by atoms with Gasteiger partial charge in [0.05, 0.1) is 0 Å². The Labute approximate surface area is 114 Å². The number of nitrogens with one attached hydrogen (secondary N) is 2. The normalized spacial score (nSPS) is 17.8. The SMILES string of the molecule is CCNc1ccc(S(=O)(=O)NCC2(C)CCC2)cn1. The smallest absolute Gasteiger partial charge is 0.242 e. The van der Waals surface area contributed by atoms with Crippen molar-refractivity contribution in [1.82, 2.24) is 9.71 Å². The number of anilines is 1. The average Bonchev–Trinajstić information content (AvgIpc) is 2.35. The highest BCUT2D eigenvalue weighted by molar-refractivity contribution is 7.89. The van der Waals surface area contributed by atoms with Crippen molar-refractivity contribution in [2.75, 3.05) is 18.4 Å². The van der Waals surface area contributed by atoms with E-state index in [0.29, 0.717) is 12.4 Å². The molecule has 0 saturated heterocycles. The van der Waals surface area contributed by atoms with Gasteiger partial charge in [0, 0.05) is 19.3 Å². The minimum absolute atomic E-state index is 0.129. The molecule has 106 valence electrons. The fraction of sp³-hybridized carbons (Fsp3) is 0.615. The Morgan fingerprint density at radius 3 is 2.58 bits per heavy atom. The number of sulfonamides is 1. The van der Waals surface area contributed by atoms with E-state index >= 15 is 0 Å². The molecule has 1 aliphatic rings. The van der Waals surface area contributed by atoms with Crippen molar-refractivity contribution in [2.45, 2.75) is 38.0 Å². The van der Waals surface area contributed by atoms with Crippen LogP contribution in [0.3, 0.4) is 0 Å². The lowest BCUT2D eigenvalue weighted by Gasteiger charge is -2.38. The Bertz CT molecular complexity index is 521. The van der Waals surface area contributed by atoms with Crippen molar-refractivity contribution < 1.29 is 8.42 Å². The Morgan fingerprint density at radius 2 is 2.11 bits per heavy atom. The molecule has 0 aromatic carbocycles. The van der Waals surface area contributed by atoms with E-state index in [1.54, 1.807) is 12.1 Å². The summed E-state index contributed by atoms with van der Waals surface area (Å²) in [6.07, 6.45) is 4.76. The lowest BCUT2D eigenvalue weighted by Crippen LogP contribution is -2.39. The fourth-order valence-electron chi connectivity index (χ4n) is 2.13. The van der Waals surface area contributed by atoms with Gasteiger partial charge in [0.2, 0.25) is 10.0 Å². The number of aromatic nitrogens is 1. The standard InChI is InChI=1S/C13H21N3O2S/c1-3-14-12-6-5-11(9-15-12)19(17,18)16-10-13(2)7-4-8-13/h5-6,9,16H,3-4,7-8,10H2,1-2H3,(H,14,15). The molecule has 0 radical (unpaired) electrons. The zero-order chi connectivity index (χ0) is 13.9. The molecule has 0 bridgehead atoms. The van der Waals surface area contributed by atoms with Crippen molar-refractivity contribution in [3.63, 3.8) is 0 Å². The van der Waals surface area contributed by atoms with Gasteiger partial charge in [-0.15, -0.1) is 0 Å². The predicted molar refractivity (Wildman–Crippen MR) is 75.5 cm³/mol. The van der Waals surface area contributed by atoms with Gasteiger partial charge in [0.15, 0.2) is 0 Å². The van der Waals surface area contributed by atoms with Crippen molar-refractivity contribution in [3.8, 4) is 0 Å². The summed E-state index contributed by atoms with van der Waals surface area (Å²) in [7, 11) is -3.44. The molecular weight excluding hydrogens is 262 g/mol. The number of nitrogens with zero attached hydrogens (tertiary/aromatic N) is 1. The minimum atomic E-state index is -3.44. The highest BCUT2D eigenvalue weighted by Gasteiger charge is 2.33. The van der Waals surface area contributed by atoms with E-state index in [4.69, 9.17) is 0 Å². The number of pyridine rings is 1. The maximum Gasteiger partial charge on any atom is 0.242 e. The zero-order valence-corrected chi connectivity index (χ0v) is 12.3. The third-order valence-corrected chi connectivity index (χ3v) is 5.04. The second kappa shape index (κ2) is 5.46. The summed E-state index contributed by atoms with van der Waals surface area (Å²) in [6.45, 7) is 5.35. The molecule has 0 unspecified atom stereocenters. The van der Waals surface area contributed by atoms with Crippen molar-refractivity contribution in [2.24, 2.45) is 5.41 Å². The van der Waals surface area contributed by atoms with Crippen LogP contribution in [-0.2, 0) is 10.0 Å². The summed E-state index contributed by atoms with van der Waals surface area (Å²) in [5.41, 5.74) is 0.129. The first-order chi connectivity index (χ1) is 8.95. The van der Waals surface area contributed by atoms with Gasteiger partial charge in [0.1, 0.15) is 10.7 Å². The zero-order valence-electron chi connectivity index (χ0n) is 11.4. The summed E-state index contributed by atoms with van der Waals surface area (Å²) in [6, 6.07) is 3.26. The van der Waals surface area contributed by atoms with Crippen molar-refractivity contribution in [1.29, 1.82) is 0 Å². The van der Waals surface area contributed by atoms with E-state index in [2.05, 4.69) is 21.9 Å². The molecule has 0 atom stereocenters. The monoisotopic (exact) mass is 283 g/mol.